The van der Waals surface area contributed by atoms with Crippen LogP contribution in [-0.4, -0.2) is 15.0 Å². The maximum atomic E-state index is 11.9. The van der Waals surface area contributed by atoms with Gasteiger partial charge in [0.05, 0.1) is 11.5 Å². The van der Waals surface area contributed by atoms with E-state index >= 15 is 0 Å². The highest BCUT2D eigenvalue weighted by atomic mass is 32.2. The third-order valence-corrected chi connectivity index (χ3v) is 4.40. The van der Waals surface area contributed by atoms with Crippen molar-refractivity contribution >= 4 is 10.1 Å². The van der Waals surface area contributed by atoms with Gasteiger partial charge in [0.2, 0.25) is 0 Å². The van der Waals surface area contributed by atoms with Gasteiger partial charge >= 0.3 is 0 Å². The lowest BCUT2D eigenvalue weighted by atomic mass is 9.97. The predicted molar refractivity (Wildman–Crippen MR) is 70.8 cm³/mol. The van der Waals surface area contributed by atoms with Gasteiger partial charge in [-0.15, -0.1) is 0 Å². The van der Waals surface area contributed by atoms with Crippen LogP contribution in [0.3, 0.4) is 0 Å². The van der Waals surface area contributed by atoms with E-state index in [2.05, 4.69) is 6.08 Å². The molecule has 1 unspecified atom stereocenters. The average Bonchev–Trinajstić information content (AvgIpc) is 2.38. The summed E-state index contributed by atoms with van der Waals surface area (Å²) in [6, 6.07) is 6.72. The SMILES string of the molecule is Cc1ccc(S(=O)(=O)OCC2C=CCCC2)cc1. The van der Waals surface area contributed by atoms with Gasteiger partial charge in [-0.3, -0.25) is 4.18 Å². The molecule has 0 aliphatic heterocycles. The maximum absolute atomic E-state index is 11.9. The zero-order chi connectivity index (χ0) is 13.0. The van der Waals surface area contributed by atoms with Gasteiger partial charge in [0.1, 0.15) is 0 Å². The Balaban J connectivity index is 2.01. The Hall–Kier alpha value is -1.13. The van der Waals surface area contributed by atoms with Crippen LogP contribution in [0.2, 0.25) is 0 Å². The lowest BCUT2D eigenvalue weighted by Crippen LogP contribution is -2.14. The van der Waals surface area contributed by atoms with E-state index in [0.717, 1.165) is 24.8 Å². The van der Waals surface area contributed by atoms with E-state index in [0.29, 0.717) is 0 Å². The molecule has 1 aliphatic rings. The molecule has 0 saturated heterocycles. The summed E-state index contributed by atoms with van der Waals surface area (Å²) in [6.07, 6.45) is 7.33. The molecule has 1 atom stereocenters. The quantitative estimate of drug-likeness (QED) is 0.621. The standard InChI is InChI=1S/C14H18O3S/c1-12-7-9-14(10-8-12)18(15,16)17-11-13-5-3-2-4-6-13/h3,5,7-10,13H,2,4,6,11H2,1H3. The van der Waals surface area contributed by atoms with Crippen LogP contribution < -0.4 is 0 Å². The Morgan fingerprint density at radius 1 is 1.28 bits per heavy atom. The minimum Gasteiger partial charge on any atom is -0.266 e. The van der Waals surface area contributed by atoms with Crippen LogP contribution in [-0.2, 0) is 14.3 Å². The topological polar surface area (TPSA) is 43.4 Å². The Morgan fingerprint density at radius 2 is 2.00 bits per heavy atom. The molecule has 1 aliphatic carbocycles. The van der Waals surface area contributed by atoms with Crippen molar-refractivity contribution in [3.63, 3.8) is 0 Å². The first kappa shape index (κ1) is 13.3. The van der Waals surface area contributed by atoms with E-state index in [1.165, 1.54) is 0 Å². The summed E-state index contributed by atoms with van der Waals surface area (Å²) in [5, 5.41) is 0. The highest BCUT2D eigenvalue weighted by molar-refractivity contribution is 7.86. The normalized spacial score (nSPS) is 19.9. The van der Waals surface area contributed by atoms with Gasteiger partial charge in [0.15, 0.2) is 0 Å². The molecule has 3 nitrogen and oxygen atoms in total. The fourth-order valence-electron chi connectivity index (χ4n) is 1.97. The highest BCUT2D eigenvalue weighted by Gasteiger charge is 2.17. The van der Waals surface area contributed by atoms with Gasteiger partial charge in [-0.2, -0.15) is 8.42 Å². The van der Waals surface area contributed by atoms with Gasteiger partial charge < -0.3 is 0 Å². The molecular formula is C14H18O3S. The lowest BCUT2D eigenvalue weighted by Gasteiger charge is -2.16. The maximum Gasteiger partial charge on any atom is 0.296 e. The summed E-state index contributed by atoms with van der Waals surface area (Å²) < 4.78 is 29.0. The van der Waals surface area contributed by atoms with Crippen molar-refractivity contribution in [1.82, 2.24) is 0 Å². The lowest BCUT2D eigenvalue weighted by molar-refractivity contribution is 0.267. The van der Waals surface area contributed by atoms with Gasteiger partial charge in [-0.1, -0.05) is 29.8 Å². The Bertz CT molecular complexity index is 514. The van der Waals surface area contributed by atoms with Crippen molar-refractivity contribution in [2.45, 2.75) is 31.1 Å². The van der Waals surface area contributed by atoms with Crippen LogP contribution in [0, 0.1) is 12.8 Å². The van der Waals surface area contributed by atoms with Gasteiger partial charge in [-0.05, 0) is 38.3 Å². The van der Waals surface area contributed by atoms with Crippen molar-refractivity contribution in [2.75, 3.05) is 6.61 Å². The second-order valence-electron chi connectivity index (χ2n) is 4.67. The second-order valence-corrected chi connectivity index (χ2v) is 6.29. The molecule has 0 aromatic heterocycles. The first-order chi connectivity index (χ1) is 8.58. The van der Waals surface area contributed by atoms with Crippen molar-refractivity contribution < 1.29 is 12.6 Å². The number of aryl methyl sites for hydroxylation is 1. The summed E-state index contributed by atoms with van der Waals surface area (Å²) in [5.41, 5.74) is 1.03. The minimum absolute atomic E-state index is 0.221. The second kappa shape index (κ2) is 5.67. The van der Waals surface area contributed by atoms with Gasteiger partial charge in [0.25, 0.3) is 10.1 Å². The third-order valence-electron chi connectivity index (χ3n) is 3.10. The summed E-state index contributed by atoms with van der Waals surface area (Å²) in [6.45, 7) is 2.16. The molecule has 98 valence electrons. The number of allylic oxidation sites excluding steroid dienone is 1. The van der Waals surface area contributed by atoms with E-state index in [1.807, 2.05) is 13.0 Å². The van der Waals surface area contributed by atoms with E-state index in [1.54, 1.807) is 24.3 Å². The molecule has 0 fully saturated rings. The van der Waals surface area contributed by atoms with Crippen LogP contribution in [0.1, 0.15) is 24.8 Å². The Morgan fingerprint density at radius 3 is 2.61 bits per heavy atom. The van der Waals surface area contributed by atoms with Gasteiger partial charge in [0, 0.05) is 5.92 Å². The number of rotatable bonds is 4. The third kappa shape index (κ3) is 3.43. The van der Waals surface area contributed by atoms with E-state index in [-0.39, 0.29) is 17.4 Å². The summed E-state index contributed by atoms with van der Waals surface area (Å²) >= 11 is 0. The zero-order valence-corrected chi connectivity index (χ0v) is 11.3. The fourth-order valence-corrected chi connectivity index (χ4v) is 2.93. The monoisotopic (exact) mass is 266 g/mol. The first-order valence-electron chi connectivity index (χ1n) is 6.21. The number of hydrogen-bond donors (Lipinski definition) is 0. The first-order valence-corrected chi connectivity index (χ1v) is 7.61. The smallest absolute Gasteiger partial charge is 0.266 e. The minimum atomic E-state index is -3.61. The Kier molecular flexibility index (Phi) is 4.19. The fraction of sp³-hybridized carbons (Fsp3) is 0.429. The summed E-state index contributed by atoms with van der Waals surface area (Å²) in [7, 11) is -3.61. The van der Waals surface area contributed by atoms with Crippen molar-refractivity contribution in [3.05, 3.63) is 42.0 Å². The number of hydrogen-bond acceptors (Lipinski definition) is 3. The van der Waals surface area contributed by atoms with Gasteiger partial charge in [-0.25, -0.2) is 0 Å². The van der Waals surface area contributed by atoms with E-state index in [4.69, 9.17) is 4.18 Å². The van der Waals surface area contributed by atoms with Crippen molar-refractivity contribution in [1.29, 1.82) is 0 Å². The van der Waals surface area contributed by atoms with Crippen molar-refractivity contribution in [3.8, 4) is 0 Å². The van der Waals surface area contributed by atoms with E-state index < -0.39 is 10.1 Å². The average molecular weight is 266 g/mol. The zero-order valence-electron chi connectivity index (χ0n) is 10.5. The van der Waals surface area contributed by atoms with Crippen LogP contribution in [0.15, 0.2) is 41.3 Å². The largest absolute Gasteiger partial charge is 0.296 e. The van der Waals surface area contributed by atoms with Crippen LogP contribution >= 0.6 is 0 Å². The molecule has 4 heteroatoms. The molecule has 2 rings (SSSR count). The molecule has 18 heavy (non-hydrogen) atoms. The predicted octanol–water partition coefficient (Wildman–Crippen LogP) is 3.06. The summed E-state index contributed by atoms with van der Waals surface area (Å²) in [4.78, 5) is 0.230. The molecular weight excluding hydrogens is 248 g/mol. The van der Waals surface area contributed by atoms with Crippen LogP contribution in [0.25, 0.3) is 0 Å². The molecule has 0 saturated carbocycles. The molecule has 1 aromatic rings. The molecule has 0 N–H and O–H groups in total. The molecule has 0 amide bonds. The summed E-state index contributed by atoms with van der Waals surface area (Å²) in [5.74, 6) is 0.221. The number of benzene rings is 1. The molecule has 0 spiro atoms. The van der Waals surface area contributed by atoms with Crippen molar-refractivity contribution in [2.24, 2.45) is 5.92 Å². The molecule has 0 heterocycles. The molecule has 1 aromatic carbocycles. The van der Waals surface area contributed by atoms with Crippen LogP contribution in [0.5, 0.6) is 0 Å². The highest BCUT2D eigenvalue weighted by Crippen LogP contribution is 2.20. The van der Waals surface area contributed by atoms with E-state index in [9.17, 15) is 8.42 Å². The molecule has 0 radical (unpaired) electrons. The Labute approximate surface area is 109 Å². The van der Waals surface area contributed by atoms with Crippen LogP contribution in [0.4, 0.5) is 0 Å². The molecule has 0 bridgehead atoms.